The summed E-state index contributed by atoms with van der Waals surface area (Å²) in [6.45, 7) is 4.84. The number of ether oxygens (including phenoxy) is 2. The molecule has 1 unspecified atom stereocenters. The summed E-state index contributed by atoms with van der Waals surface area (Å²) in [5.41, 5.74) is 1.75. The molecule has 2 N–H and O–H groups in total. The van der Waals surface area contributed by atoms with E-state index >= 15 is 0 Å². The van der Waals surface area contributed by atoms with Crippen molar-refractivity contribution in [3.8, 4) is 11.5 Å². The lowest BCUT2D eigenvalue weighted by Crippen LogP contribution is -3.14. The van der Waals surface area contributed by atoms with E-state index in [1.165, 1.54) is 11.0 Å². The van der Waals surface area contributed by atoms with Crippen LogP contribution in [0, 0.1) is 5.82 Å². The van der Waals surface area contributed by atoms with Crippen LogP contribution in [0.4, 0.5) is 4.39 Å². The maximum atomic E-state index is 13.9. The molecule has 0 spiro atoms. The van der Waals surface area contributed by atoms with Gasteiger partial charge < -0.3 is 24.2 Å². The Morgan fingerprint density at radius 2 is 1.77 bits per heavy atom. The molecule has 1 fully saturated rings. The fourth-order valence-corrected chi connectivity index (χ4v) is 4.01. The molecule has 1 saturated heterocycles. The summed E-state index contributed by atoms with van der Waals surface area (Å²) in [5, 5.41) is 0. The molecule has 1 atom stereocenters. The second kappa shape index (κ2) is 10.4. The number of quaternary nitrogens is 2. The zero-order valence-corrected chi connectivity index (χ0v) is 18.0. The van der Waals surface area contributed by atoms with Crippen LogP contribution in [0.3, 0.4) is 0 Å². The van der Waals surface area contributed by atoms with Gasteiger partial charge in [0.2, 0.25) is 0 Å². The normalized spacial score (nSPS) is 15.7. The van der Waals surface area contributed by atoms with Crippen LogP contribution >= 0.6 is 0 Å². The fraction of sp³-hybridized carbons (Fsp3) is 0.435. The first-order valence-corrected chi connectivity index (χ1v) is 10.4. The molecule has 0 aromatic heterocycles. The van der Waals surface area contributed by atoms with Gasteiger partial charge in [0.1, 0.15) is 18.9 Å². The van der Waals surface area contributed by atoms with Gasteiger partial charge in [-0.15, -0.1) is 0 Å². The van der Waals surface area contributed by atoms with E-state index in [0.717, 1.165) is 34.9 Å². The molecule has 1 heterocycles. The van der Waals surface area contributed by atoms with Crippen LogP contribution in [-0.2, 0) is 17.9 Å². The number of rotatable bonds is 8. The minimum Gasteiger partial charge on any atom is -0.493 e. The van der Waals surface area contributed by atoms with Gasteiger partial charge in [0, 0.05) is 5.56 Å². The molecule has 6 nitrogen and oxygen atoms in total. The summed E-state index contributed by atoms with van der Waals surface area (Å²) >= 11 is 0. The molecule has 0 radical (unpaired) electrons. The Balaban J connectivity index is 1.49. The van der Waals surface area contributed by atoms with E-state index in [0.29, 0.717) is 38.5 Å². The van der Waals surface area contributed by atoms with Gasteiger partial charge in [-0.05, 0) is 18.2 Å². The van der Waals surface area contributed by atoms with E-state index in [4.69, 9.17) is 9.47 Å². The van der Waals surface area contributed by atoms with E-state index in [2.05, 4.69) is 0 Å². The van der Waals surface area contributed by atoms with E-state index in [-0.39, 0.29) is 11.7 Å². The van der Waals surface area contributed by atoms with Crippen LogP contribution < -0.4 is 19.3 Å². The van der Waals surface area contributed by atoms with Crippen LogP contribution in [0.15, 0.2) is 42.5 Å². The van der Waals surface area contributed by atoms with Gasteiger partial charge in [-0.2, -0.15) is 0 Å². The highest BCUT2D eigenvalue weighted by Crippen LogP contribution is 2.29. The highest BCUT2D eigenvalue weighted by molar-refractivity contribution is 5.77. The average molecular weight is 418 g/mol. The first kappa shape index (κ1) is 22.1. The van der Waals surface area contributed by atoms with Crippen molar-refractivity contribution in [2.45, 2.75) is 13.1 Å². The Morgan fingerprint density at radius 1 is 1.07 bits per heavy atom. The summed E-state index contributed by atoms with van der Waals surface area (Å²) < 4.78 is 24.7. The zero-order valence-electron chi connectivity index (χ0n) is 18.0. The SMILES string of the molecule is COc1cccc(C[NH+](C)CC(=O)N2CC[NH+](Cc3ccccc3F)CC2)c1OC. The molecular formula is C23H32FN3O3+2. The lowest BCUT2D eigenvalue weighted by molar-refractivity contribution is -0.918. The molecule has 2 aromatic carbocycles. The number of hydrogen-bond donors (Lipinski definition) is 2. The van der Waals surface area contributed by atoms with Crippen molar-refractivity contribution >= 4 is 5.91 Å². The number of nitrogens with zero attached hydrogens (tertiary/aromatic N) is 1. The van der Waals surface area contributed by atoms with Crippen molar-refractivity contribution in [3.63, 3.8) is 0 Å². The zero-order chi connectivity index (χ0) is 21.5. The number of halogens is 1. The van der Waals surface area contributed by atoms with Gasteiger partial charge >= 0.3 is 0 Å². The number of amides is 1. The first-order valence-electron chi connectivity index (χ1n) is 10.4. The third kappa shape index (κ3) is 5.49. The van der Waals surface area contributed by atoms with Gasteiger partial charge in [-0.3, -0.25) is 4.79 Å². The van der Waals surface area contributed by atoms with E-state index < -0.39 is 0 Å². The summed E-state index contributed by atoms with van der Waals surface area (Å²) in [6, 6.07) is 12.7. The number of para-hydroxylation sites is 1. The quantitative estimate of drug-likeness (QED) is 0.625. The molecule has 30 heavy (non-hydrogen) atoms. The number of nitrogens with one attached hydrogen (secondary N) is 2. The maximum Gasteiger partial charge on any atom is 0.278 e. The average Bonchev–Trinajstić information content (AvgIpc) is 2.75. The van der Waals surface area contributed by atoms with Gasteiger partial charge in [0.25, 0.3) is 5.91 Å². The number of methoxy groups -OCH3 is 2. The number of hydrogen-bond acceptors (Lipinski definition) is 3. The van der Waals surface area contributed by atoms with Crippen LogP contribution in [-0.4, -0.2) is 64.8 Å². The van der Waals surface area contributed by atoms with Gasteiger partial charge in [-0.1, -0.05) is 24.3 Å². The number of piperazine rings is 1. The molecule has 7 heteroatoms. The lowest BCUT2D eigenvalue weighted by Gasteiger charge is -2.32. The number of carbonyl (C=O) groups excluding carboxylic acids is 1. The molecule has 1 aliphatic rings. The molecule has 2 aromatic rings. The van der Waals surface area contributed by atoms with E-state index in [1.807, 2.05) is 42.3 Å². The number of benzene rings is 2. The predicted molar refractivity (Wildman–Crippen MR) is 112 cm³/mol. The van der Waals surface area contributed by atoms with Crippen molar-refractivity contribution in [1.29, 1.82) is 0 Å². The highest BCUT2D eigenvalue weighted by Gasteiger charge is 2.26. The number of likely N-dealkylation sites (N-methyl/N-ethyl adjacent to an activating group) is 1. The minimum atomic E-state index is -0.151. The standard InChI is InChI=1S/C23H30FN3O3/c1-25(15-19-8-6-10-21(29-2)23(19)30-3)17-22(28)27-13-11-26(12-14-27)16-18-7-4-5-9-20(18)24/h4-10H,11-17H2,1-3H3/p+2. The molecular weight excluding hydrogens is 385 g/mol. The van der Waals surface area contributed by atoms with Crippen molar-refractivity contribution < 1.29 is 28.5 Å². The Kier molecular flexibility index (Phi) is 7.65. The fourth-order valence-electron chi connectivity index (χ4n) is 4.01. The number of carbonyl (C=O) groups is 1. The Morgan fingerprint density at radius 3 is 2.43 bits per heavy atom. The van der Waals surface area contributed by atoms with Crippen molar-refractivity contribution in [3.05, 3.63) is 59.4 Å². The van der Waals surface area contributed by atoms with Crippen molar-refractivity contribution in [2.75, 3.05) is 54.0 Å². The smallest absolute Gasteiger partial charge is 0.278 e. The van der Waals surface area contributed by atoms with Crippen LogP contribution in [0.25, 0.3) is 0 Å². The highest BCUT2D eigenvalue weighted by atomic mass is 19.1. The van der Waals surface area contributed by atoms with Gasteiger partial charge in [0.15, 0.2) is 18.0 Å². The van der Waals surface area contributed by atoms with Crippen LogP contribution in [0.5, 0.6) is 11.5 Å². The second-order valence-electron chi connectivity index (χ2n) is 7.86. The summed E-state index contributed by atoms with van der Waals surface area (Å²) in [5.74, 6) is 1.42. The van der Waals surface area contributed by atoms with E-state index in [9.17, 15) is 9.18 Å². The van der Waals surface area contributed by atoms with Gasteiger partial charge in [0.05, 0.1) is 53.0 Å². The molecule has 162 valence electrons. The third-order valence-electron chi connectivity index (χ3n) is 5.65. The lowest BCUT2D eigenvalue weighted by atomic mass is 10.1. The molecule has 0 aliphatic carbocycles. The van der Waals surface area contributed by atoms with E-state index in [1.54, 1.807) is 20.3 Å². The Hall–Kier alpha value is -2.64. The van der Waals surface area contributed by atoms with Crippen molar-refractivity contribution in [2.24, 2.45) is 0 Å². The molecule has 0 bridgehead atoms. The Bertz CT molecular complexity index is 853. The maximum absolute atomic E-state index is 13.9. The third-order valence-corrected chi connectivity index (χ3v) is 5.65. The van der Waals surface area contributed by atoms with Crippen LogP contribution in [0.1, 0.15) is 11.1 Å². The second-order valence-corrected chi connectivity index (χ2v) is 7.86. The minimum absolute atomic E-state index is 0.151. The Labute approximate surface area is 177 Å². The first-order chi connectivity index (χ1) is 14.5. The van der Waals surface area contributed by atoms with Gasteiger partial charge in [-0.25, -0.2) is 4.39 Å². The topological polar surface area (TPSA) is 47.7 Å². The van der Waals surface area contributed by atoms with Crippen molar-refractivity contribution in [1.82, 2.24) is 4.90 Å². The summed E-state index contributed by atoms with van der Waals surface area (Å²) in [7, 11) is 5.26. The largest absolute Gasteiger partial charge is 0.493 e. The monoisotopic (exact) mass is 417 g/mol. The molecule has 3 rings (SSSR count). The summed E-state index contributed by atoms with van der Waals surface area (Å²) in [6.07, 6.45) is 0. The molecule has 1 amide bonds. The molecule has 0 saturated carbocycles. The summed E-state index contributed by atoms with van der Waals surface area (Å²) in [4.78, 5) is 17.1. The predicted octanol–water partition coefficient (Wildman–Crippen LogP) is -0.215. The van der Waals surface area contributed by atoms with Crippen LogP contribution in [0.2, 0.25) is 0 Å². The molecule has 1 aliphatic heterocycles.